The first-order valence-corrected chi connectivity index (χ1v) is 11.2. The van der Waals surface area contributed by atoms with E-state index in [1.165, 1.54) is 24.1 Å². The van der Waals surface area contributed by atoms with Crippen LogP contribution in [0.4, 0.5) is 4.39 Å². The van der Waals surface area contributed by atoms with Gasteiger partial charge in [-0.1, -0.05) is 42.2 Å². The summed E-state index contributed by atoms with van der Waals surface area (Å²) in [5.41, 5.74) is 0.262. The molecule has 0 radical (unpaired) electrons. The van der Waals surface area contributed by atoms with Gasteiger partial charge in [0, 0.05) is 18.7 Å². The molecule has 2 heterocycles. The zero-order valence-electron chi connectivity index (χ0n) is 14.4. The molecule has 0 unspecified atom stereocenters. The number of benzene rings is 1. The number of halogens is 1. The van der Waals surface area contributed by atoms with E-state index in [0.717, 1.165) is 16.7 Å². The predicted octanol–water partition coefficient (Wildman–Crippen LogP) is 1.67. The van der Waals surface area contributed by atoms with Gasteiger partial charge in [-0.2, -0.15) is 0 Å². The van der Waals surface area contributed by atoms with Crippen molar-refractivity contribution in [1.82, 2.24) is 9.80 Å². The summed E-state index contributed by atoms with van der Waals surface area (Å²) in [6.45, 7) is -0.272. The second-order valence-electron chi connectivity index (χ2n) is 6.35. The zero-order chi connectivity index (χ0) is 19.8. The van der Waals surface area contributed by atoms with Crippen LogP contribution in [0.3, 0.4) is 0 Å². The Morgan fingerprint density at radius 2 is 2.15 bits per heavy atom. The second-order valence-corrected chi connectivity index (χ2v) is 10.3. The molecule has 0 saturated carbocycles. The molecule has 10 heteroatoms. The smallest absolute Gasteiger partial charge is 0.266 e. The van der Waals surface area contributed by atoms with Gasteiger partial charge < -0.3 is 4.90 Å². The third-order valence-electron chi connectivity index (χ3n) is 4.51. The van der Waals surface area contributed by atoms with E-state index in [1.54, 1.807) is 18.2 Å². The number of carbonyl (C=O) groups excluding carboxylic acids is 2. The van der Waals surface area contributed by atoms with Gasteiger partial charge in [-0.3, -0.25) is 14.5 Å². The molecule has 0 aromatic heterocycles. The fourth-order valence-corrected chi connectivity index (χ4v) is 5.92. The average Bonchev–Trinajstić information content (AvgIpc) is 3.10. The first-order valence-electron chi connectivity index (χ1n) is 8.14. The number of sulfone groups is 1. The zero-order valence-corrected chi connectivity index (χ0v) is 16.9. The number of likely N-dealkylation sites (N-methyl/N-ethyl adjacent to an activating group) is 1. The van der Waals surface area contributed by atoms with E-state index in [2.05, 4.69) is 0 Å². The average molecular weight is 429 g/mol. The van der Waals surface area contributed by atoms with E-state index in [-0.39, 0.29) is 38.7 Å². The lowest BCUT2D eigenvalue weighted by molar-refractivity contribution is -0.135. The molecule has 1 aromatic rings. The third kappa shape index (κ3) is 4.39. The molecule has 6 nitrogen and oxygen atoms in total. The van der Waals surface area contributed by atoms with Crippen LogP contribution in [0.5, 0.6) is 0 Å². The summed E-state index contributed by atoms with van der Waals surface area (Å²) in [6.07, 6.45) is 1.79. The molecule has 2 aliphatic heterocycles. The quantitative estimate of drug-likeness (QED) is 0.537. The summed E-state index contributed by atoms with van der Waals surface area (Å²) < 4.78 is 37.2. The molecule has 0 spiro atoms. The SMILES string of the molecule is CN(C(=O)CN1C(=O)/C(=C\c2ccccc2F)SC1=S)[C@H]1CCS(=O)(=O)C1. The Labute approximate surface area is 166 Å². The Bertz CT molecular complexity index is 945. The minimum atomic E-state index is -3.12. The predicted molar refractivity (Wildman–Crippen MR) is 106 cm³/mol. The standard InChI is InChI=1S/C17H17FN2O4S3/c1-19(12-6-7-27(23,24)10-12)15(21)9-20-16(22)14(26-17(20)25)8-11-4-2-3-5-13(11)18/h2-5,8,12H,6-7,9-10H2,1H3/b14-8+/t12-/m0/s1. The van der Waals surface area contributed by atoms with Crippen LogP contribution in [0.15, 0.2) is 29.2 Å². The van der Waals surface area contributed by atoms with Crippen molar-refractivity contribution >= 4 is 56.0 Å². The van der Waals surface area contributed by atoms with E-state index in [1.807, 2.05) is 0 Å². The number of amides is 2. The minimum absolute atomic E-state index is 0.0573. The molecule has 2 saturated heterocycles. The molecule has 0 N–H and O–H groups in total. The van der Waals surface area contributed by atoms with Gasteiger partial charge in [0.2, 0.25) is 5.91 Å². The minimum Gasteiger partial charge on any atom is -0.340 e. The molecule has 0 bridgehead atoms. The van der Waals surface area contributed by atoms with Crippen LogP contribution in [0, 0.1) is 5.82 Å². The van der Waals surface area contributed by atoms with Crippen LogP contribution in [0.1, 0.15) is 12.0 Å². The Morgan fingerprint density at radius 1 is 1.44 bits per heavy atom. The molecule has 144 valence electrons. The van der Waals surface area contributed by atoms with Crippen molar-refractivity contribution in [3.8, 4) is 0 Å². The van der Waals surface area contributed by atoms with Gasteiger partial charge >= 0.3 is 0 Å². The van der Waals surface area contributed by atoms with Crippen LogP contribution in [0.2, 0.25) is 0 Å². The first kappa shape index (κ1) is 20.0. The molecule has 2 amide bonds. The monoisotopic (exact) mass is 428 g/mol. The maximum atomic E-state index is 13.8. The van der Waals surface area contributed by atoms with Gasteiger partial charge in [-0.25, -0.2) is 12.8 Å². The Hall–Kier alpha value is -1.78. The number of nitrogens with zero attached hydrogens (tertiary/aromatic N) is 2. The fourth-order valence-electron chi connectivity index (χ4n) is 2.90. The van der Waals surface area contributed by atoms with Gasteiger partial charge in [0.05, 0.1) is 16.4 Å². The van der Waals surface area contributed by atoms with Crippen molar-refractivity contribution in [2.45, 2.75) is 12.5 Å². The van der Waals surface area contributed by atoms with Crippen molar-refractivity contribution in [1.29, 1.82) is 0 Å². The molecular formula is C17H17FN2O4S3. The van der Waals surface area contributed by atoms with E-state index in [4.69, 9.17) is 12.2 Å². The third-order valence-corrected chi connectivity index (χ3v) is 7.64. The maximum Gasteiger partial charge on any atom is 0.266 e. The van der Waals surface area contributed by atoms with Crippen molar-refractivity contribution in [2.24, 2.45) is 0 Å². The number of thiocarbonyl (C=S) groups is 1. The molecule has 0 aliphatic carbocycles. The van der Waals surface area contributed by atoms with E-state index in [0.29, 0.717) is 6.42 Å². The first-order chi connectivity index (χ1) is 12.7. The Balaban J connectivity index is 1.70. The van der Waals surface area contributed by atoms with Crippen molar-refractivity contribution < 1.29 is 22.4 Å². The number of rotatable bonds is 4. The lowest BCUT2D eigenvalue weighted by Gasteiger charge is -2.25. The maximum absolute atomic E-state index is 13.8. The Kier molecular flexibility index (Phi) is 5.68. The highest BCUT2D eigenvalue weighted by molar-refractivity contribution is 8.26. The molecule has 2 aliphatic rings. The van der Waals surface area contributed by atoms with E-state index >= 15 is 0 Å². The van der Waals surface area contributed by atoms with Crippen molar-refractivity contribution in [3.05, 3.63) is 40.6 Å². The highest BCUT2D eigenvalue weighted by Gasteiger charge is 2.37. The van der Waals surface area contributed by atoms with E-state index < -0.39 is 27.6 Å². The van der Waals surface area contributed by atoms with E-state index in [9.17, 15) is 22.4 Å². The molecule has 1 aromatic carbocycles. The van der Waals surface area contributed by atoms with Gasteiger partial charge in [0.15, 0.2) is 9.84 Å². The van der Waals surface area contributed by atoms with Crippen molar-refractivity contribution in [3.63, 3.8) is 0 Å². The largest absolute Gasteiger partial charge is 0.340 e. The highest BCUT2D eigenvalue weighted by Crippen LogP contribution is 2.33. The van der Waals surface area contributed by atoms with Gasteiger partial charge in [0.25, 0.3) is 5.91 Å². The topological polar surface area (TPSA) is 74.8 Å². The van der Waals surface area contributed by atoms with Crippen LogP contribution in [-0.2, 0) is 19.4 Å². The second kappa shape index (κ2) is 7.69. The van der Waals surface area contributed by atoms with Crippen LogP contribution < -0.4 is 0 Å². The van der Waals surface area contributed by atoms with Crippen LogP contribution in [-0.4, -0.2) is 65.5 Å². The molecule has 2 fully saturated rings. The van der Waals surface area contributed by atoms with Crippen molar-refractivity contribution in [2.75, 3.05) is 25.1 Å². The van der Waals surface area contributed by atoms with Gasteiger partial charge in [-0.05, 0) is 18.6 Å². The number of carbonyl (C=O) groups is 2. The lowest BCUT2D eigenvalue weighted by Crippen LogP contribution is -2.45. The summed E-state index contributed by atoms with van der Waals surface area (Å²) in [7, 11) is -1.59. The van der Waals surface area contributed by atoms with Crippen LogP contribution in [0.25, 0.3) is 6.08 Å². The molecule has 3 rings (SSSR count). The van der Waals surface area contributed by atoms with Gasteiger partial charge in [0.1, 0.15) is 16.7 Å². The van der Waals surface area contributed by atoms with Crippen LogP contribution >= 0.6 is 24.0 Å². The summed E-state index contributed by atoms with van der Waals surface area (Å²) in [5, 5.41) is 0. The number of hydrogen-bond donors (Lipinski definition) is 0. The summed E-state index contributed by atoms with van der Waals surface area (Å²) in [5.74, 6) is -1.32. The highest BCUT2D eigenvalue weighted by atomic mass is 32.2. The normalized spacial score (nSPS) is 23.3. The number of hydrogen-bond acceptors (Lipinski definition) is 6. The summed E-state index contributed by atoms with van der Waals surface area (Å²) in [6, 6.07) is 5.65. The molecule has 1 atom stereocenters. The summed E-state index contributed by atoms with van der Waals surface area (Å²) >= 11 is 6.19. The summed E-state index contributed by atoms with van der Waals surface area (Å²) in [4.78, 5) is 27.8. The molecule has 27 heavy (non-hydrogen) atoms. The lowest BCUT2D eigenvalue weighted by atomic mass is 10.2. The number of thioether (sulfide) groups is 1. The molecular weight excluding hydrogens is 411 g/mol. The van der Waals surface area contributed by atoms with Gasteiger partial charge in [-0.15, -0.1) is 0 Å². The fraction of sp³-hybridized carbons (Fsp3) is 0.353. The Morgan fingerprint density at radius 3 is 2.78 bits per heavy atom.